The molecular weight excluding hydrogens is 174 g/mol. The van der Waals surface area contributed by atoms with E-state index in [-0.39, 0.29) is 12.8 Å². The molecule has 0 aromatic rings. The van der Waals surface area contributed by atoms with Gasteiger partial charge in [-0.25, -0.2) is 4.18 Å². The van der Waals surface area contributed by atoms with Crippen LogP contribution in [0.1, 0.15) is 6.92 Å². The Hall–Kier alpha value is -0.210. The van der Waals surface area contributed by atoms with Crippen molar-refractivity contribution in [3.8, 4) is 0 Å². The van der Waals surface area contributed by atoms with Gasteiger partial charge >= 0.3 is 10.4 Å². The Bertz CT molecular complexity index is 161. The van der Waals surface area contributed by atoms with Crippen LogP contribution in [-0.4, -0.2) is 32.8 Å². The van der Waals surface area contributed by atoms with Crippen molar-refractivity contribution in [2.75, 3.05) is 19.8 Å². The zero-order valence-corrected chi connectivity index (χ0v) is 7.13. The van der Waals surface area contributed by atoms with Crippen molar-refractivity contribution in [1.29, 1.82) is 0 Å². The van der Waals surface area contributed by atoms with Crippen LogP contribution in [0.3, 0.4) is 0 Å². The SMILES string of the molecule is C1CO1.CCOS(=O)(=O)O.N. The van der Waals surface area contributed by atoms with Crippen LogP contribution >= 0.6 is 0 Å². The predicted molar refractivity (Wildman–Crippen MR) is 39.0 cm³/mol. The van der Waals surface area contributed by atoms with Crippen LogP contribution in [-0.2, 0) is 19.3 Å². The molecular formula is C4H13NO5S. The Kier molecular flexibility index (Phi) is 7.91. The van der Waals surface area contributed by atoms with Gasteiger partial charge < -0.3 is 10.9 Å². The van der Waals surface area contributed by atoms with Gasteiger partial charge in [0.2, 0.25) is 0 Å². The number of hydrogen-bond acceptors (Lipinski definition) is 5. The molecule has 0 saturated carbocycles. The summed E-state index contributed by atoms with van der Waals surface area (Å²) in [6, 6.07) is 0. The van der Waals surface area contributed by atoms with E-state index in [0.29, 0.717) is 0 Å². The lowest BCUT2D eigenvalue weighted by molar-refractivity contribution is 0.283. The third kappa shape index (κ3) is 25.9. The first kappa shape index (κ1) is 13.4. The average molecular weight is 187 g/mol. The molecule has 0 aromatic carbocycles. The first-order chi connectivity index (χ1) is 4.56. The number of hydrogen-bond donors (Lipinski definition) is 2. The zero-order chi connectivity index (χ0) is 8.04. The third-order valence-electron chi connectivity index (χ3n) is 0.471. The second-order valence-corrected chi connectivity index (χ2v) is 2.54. The normalized spacial score (nSPS) is 14.0. The lowest BCUT2D eigenvalue weighted by atomic mass is 10.9. The van der Waals surface area contributed by atoms with Crippen molar-refractivity contribution < 1.29 is 21.9 Å². The lowest BCUT2D eigenvalue weighted by Crippen LogP contribution is -2.01. The van der Waals surface area contributed by atoms with Gasteiger partial charge in [-0.1, -0.05) is 0 Å². The van der Waals surface area contributed by atoms with Crippen molar-refractivity contribution in [1.82, 2.24) is 6.15 Å². The second kappa shape index (κ2) is 6.50. The molecule has 1 fully saturated rings. The van der Waals surface area contributed by atoms with Gasteiger partial charge in [0.1, 0.15) is 0 Å². The molecule has 70 valence electrons. The molecule has 7 heteroatoms. The summed E-state index contributed by atoms with van der Waals surface area (Å²) >= 11 is 0. The van der Waals surface area contributed by atoms with Crippen LogP contribution < -0.4 is 6.15 Å². The molecule has 0 bridgehead atoms. The van der Waals surface area contributed by atoms with E-state index >= 15 is 0 Å². The van der Waals surface area contributed by atoms with Crippen molar-refractivity contribution in [2.45, 2.75) is 6.92 Å². The zero-order valence-electron chi connectivity index (χ0n) is 6.32. The molecule has 1 saturated heterocycles. The fourth-order valence-electron chi connectivity index (χ4n) is 0.149. The van der Waals surface area contributed by atoms with E-state index in [9.17, 15) is 8.42 Å². The molecule has 1 aliphatic rings. The van der Waals surface area contributed by atoms with Crippen LogP contribution in [0.5, 0.6) is 0 Å². The second-order valence-electron chi connectivity index (χ2n) is 1.45. The molecule has 0 spiro atoms. The topological polar surface area (TPSA) is 111 Å². The standard InChI is InChI=1S/C2H6O4S.C2H4O.H3N/c1-2-6-7(3,4)5;1-2-3-1;/h2H2,1H3,(H,3,4,5);1-2H2;1H3. The van der Waals surface area contributed by atoms with E-state index in [1.54, 1.807) is 0 Å². The fourth-order valence-corrected chi connectivity index (χ4v) is 0.447. The lowest BCUT2D eigenvalue weighted by Gasteiger charge is -1.88. The van der Waals surface area contributed by atoms with E-state index < -0.39 is 10.4 Å². The highest BCUT2D eigenvalue weighted by Crippen LogP contribution is 1.84. The molecule has 0 radical (unpaired) electrons. The highest BCUT2D eigenvalue weighted by molar-refractivity contribution is 7.80. The van der Waals surface area contributed by atoms with Gasteiger partial charge in [0.05, 0.1) is 19.8 Å². The van der Waals surface area contributed by atoms with Crippen LogP contribution in [0.15, 0.2) is 0 Å². The number of ether oxygens (including phenoxy) is 1. The Morgan fingerprint density at radius 2 is 1.91 bits per heavy atom. The maximum Gasteiger partial charge on any atom is 0.397 e. The molecule has 6 nitrogen and oxygen atoms in total. The van der Waals surface area contributed by atoms with Crippen LogP contribution in [0, 0.1) is 0 Å². The Labute approximate surface area is 66.0 Å². The summed E-state index contributed by atoms with van der Waals surface area (Å²) in [5, 5.41) is 0. The molecule has 1 heterocycles. The summed E-state index contributed by atoms with van der Waals surface area (Å²) in [6.07, 6.45) is 0. The first-order valence-corrected chi connectivity index (χ1v) is 4.12. The van der Waals surface area contributed by atoms with Crippen LogP contribution in [0.25, 0.3) is 0 Å². The van der Waals surface area contributed by atoms with Crippen LogP contribution in [0.4, 0.5) is 0 Å². The largest absolute Gasteiger partial charge is 0.397 e. The average Bonchev–Trinajstić information content (AvgIpc) is 2.40. The van der Waals surface area contributed by atoms with Crippen molar-refractivity contribution in [2.24, 2.45) is 0 Å². The van der Waals surface area contributed by atoms with E-state index in [4.69, 9.17) is 4.55 Å². The van der Waals surface area contributed by atoms with Crippen molar-refractivity contribution in [3.05, 3.63) is 0 Å². The Balaban J connectivity index is 0. The minimum Gasteiger partial charge on any atom is -0.377 e. The third-order valence-corrected chi connectivity index (χ3v) is 1.00. The Morgan fingerprint density at radius 1 is 1.55 bits per heavy atom. The maximum atomic E-state index is 9.56. The molecule has 0 aromatic heterocycles. The predicted octanol–water partition coefficient (Wildman–Crippen LogP) is 0.00430. The summed E-state index contributed by atoms with van der Waals surface area (Å²) in [6.45, 7) is 3.44. The summed E-state index contributed by atoms with van der Waals surface area (Å²) in [4.78, 5) is 0. The quantitative estimate of drug-likeness (QED) is 0.465. The van der Waals surface area contributed by atoms with Gasteiger partial charge in [0.25, 0.3) is 0 Å². The molecule has 1 aliphatic heterocycles. The molecule has 0 aliphatic carbocycles. The smallest absolute Gasteiger partial charge is 0.377 e. The minimum atomic E-state index is -4.17. The molecule has 0 unspecified atom stereocenters. The van der Waals surface area contributed by atoms with Gasteiger partial charge in [-0.05, 0) is 6.92 Å². The summed E-state index contributed by atoms with van der Waals surface area (Å²) < 4.78 is 35.2. The van der Waals surface area contributed by atoms with Crippen LogP contribution in [0.2, 0.25) is 0 Å². The van der Waals surface area contributed by atoms with E-state index in [0.717, 1.165) is 13.2 Å². The van der Waals surface area contributed by atoms with Crippen molar-refractivity contribution in [3.63, 3.8) is 0 Å². The Morgan fingerprint density at radius 3 is 1.91 bits per heavy atom. The van der Waals surface area contributed by atoms with Gasteiger partial charge in [0.15, 0.2) is 0 Å². The number of epoxide rings is 1. The van der Waals surface area contributed by atoms with Gasteiger partial charge in [0, 0.05) is 0 Å². The van der Waals surface area contributed by atoms with Gasteiger partial charge in [-0.2, -0.15) is 8.42 Å². The maximum absolute atomic E-state index is 9.56. The summed E-state index contributed by atoms with van der Waals surface area (Å²) in [5.41, 5.74) is 0. The summed E-state index contributed by atoms with van der Waals surface area (Å²) in [5.74, 6) is 0. The van der Waals surface area contributed by atoms with E-state index in [1.807, 2.05) is 0 Å². The molecule has 11 heavy (non-hydrogen) atoms. The molecule has 1 rings (SSSR count). The molecule has 0 atom stereocenters. The van der Waals surface area contributed by atoms with Crippen molar-refractivity contribution >= 4 is 10.4 Å². The number of rotatable bonds is 2. The molecule has 0 amide bonds. The highest BCUT2D eigenvalue weighted by Gasteiger charge is 1.98. The van der Waals surface area contributed by atoms with Gasteiger partial charge in [-0.3, -0.25) is 4.55 Å². The van der Waals surface area contributed by atoms with Gasteiger partial charge in [-0.15, -0.1) is 0 Å². The monoisotopic (exact) mass is 187 g/mol. The minimum absolute atomic E-state index is 0. The van der Waals surface area contributed by atoms with E-state index in [2.05, 4.69) is 8.92 Å². The summed E-state index contributed by atoms with van der Waals surface area (Å²) in [7, 11) is -4.17. The van der Waals surface area contributed by atoms with E-state index in [1.165, 1.54) is 6.92 Å². The highest BCUT2D eigenvalue weighted by atomic mass is 32.3. The molecule has 4 N–H and O–H groups in total. The first-order valence-electron chi connectivity index (χ1n) is 2.76. The fraction of sp³-hybridized carbons (Fsp3) is 1.00.